The third kappa shape index (κ3) is 7.77. The Balaban J connectivity index is 1.16. The third-order valence-corrected chi connectivity index (χ3v) is 8.69. The molecular formula is C39H43N3O4. The van der Waals surface area contributed by atoms with E-state index >= 15 is 0 Å². The van der Waals surface area contributed by atoms with E-state index in [1.807, 2.05) is 29.1 Å². The average Bonchev–Trinajstić information content (AvgIpc) is 3.51. The highest BCUT2D eigenvalue weighted by molar-refractivity contribution is 5.79. The molecule has 46 heavy (non-hydrogen) atoms. The zero-order valence-electron chi connectivity index (χ0n) is 26.8. The highest BCUT2D eigenvalue weighted by Crippen LogP contribution is 2.31. The van der Waals surface area contributed by atoms with Gasteiger partial charge in [-0.3, -0.25) is 4.79 Å². The highest BCUT2D eigenvalue weighted by Gasteiger charge is 2.18. The number of nitrogens with zero attached hydrogens (tertiary/aromatic N) is 2. The number of aryl methyl sites for hydroxylation is 1. The lowest BCUT2D eigenvalue weighted by atomic mass is 9.97. The molecule has 0 spiro atoms. The van der Waals surface area contributed by atoms with Gasteiger partial charge in [0, 0.05) is 31.5 Å². The van der Waals surface area contributed by atoms with E-state index in [9.17, 15) is 4.79 Å². The number of ether oxygens (including phenoxy) is 3. The summed E-state index contributed by atoms with van der Waals surface area (Å²) < 4.78 is 20.8. The van der Waals surface area contributed by atoms with Gasteiger partial charge < -0.3 is 19.5 Å². The molecule has 0 saturated carbocycles. The molecule has 7 nitrogen and oxygen atoms in total. The van der Waals surface area contributed by atoms with Gasteiger partial charge in [-0.25, -0.2) is 4.68 Å². The van der Waals surface area contributed by atoms with Gasteiger partial charge >= 0.3 is 0 Å². The molecule has 0 radical (unpaired) electrons. The van der Waals surface area contributed by atoms with Gasteiger partial charge in [-0.1, -0.05) is 60.7 Å². The van der Waals surface area contributed by atoms with E-state index in [1.165, 1.54) is 16.7 Å². The van der Waals surface area contributed by atoms with E-state index in [4.69, 9.17) is 14.2 Å². The van der Waals surface area contributed by atoms with E-state index in [2.05, 4.69) is 84.1 Å². The van der Waals surface area contributed by atoms with Gasteiger partial charge in [0.15, 0.2) is 6.23 Å². The number of carbonyl (C=O) groups excluding carboxylic acids is 1. The Morgan fingerprint density at radius 3 is 2.65 bits per heavy atom. The number of nitrogens with one attached hydrogen (secondary N) is 1. The Labute approximate surface area is 271 Å². The summed E-state index contributed by atoms with van der Waals surface area (Å²) in [5, 5.41) is 8.61. The number of benzene rings is 4. The maximum absolute atomic E-state index is 11.3. The lowest BCUT2D eigenvalue weighted by molar-refractivity contribution is -0.118. The molecule has 4 aromatic carbocycles. The van der Waals surface area contributed by atoms with Crippen LogP contribution in [0.3, 0.4) is 0 Å². The van der Waals surface area contributed by atoms with Crippen LogP contribution in [-0.4, -0.2) is 28.8 Å². The van der Waals surface area contributed by atoms with Crippen LogP contribution in [0.5, 0.6) is 11.5 Å². The second kappa shape index (κ2) is 15.1. The summed E-state index contributed by atoms with van der Waals surface area (Å²) >= 11 is 0. The summed E-state index contributed by atoms with van der Waals surface area (Å²) in [6, 6.07) is 29.4. The van der Waals surface area contributed by atoms with E-state index in [0.717, 1.165) is 84.2 Å². The minimum absolute atomic E-state index is 0.00356. The lowest BCUT2D eigenvalue weighted by Crippen LogP contribution is -2.20. The Hall–Kier alpha value is -4.62. The number of unbranched alkanes of at least 4 members (excludes halogenated alkanes) is 1. The Morgan fingerprint density at radius 1 is 0.935 bits per heavy atom. The fraction of sp³-hybridized carbons (Fsp3) is 0.333. The van der Waals surface area contributed by atoms with Crippen LogP contribution >= 0.6 is 0 Å². The van der Waals surface area contributed by atoms with Crippen molar-refractivity contribution < 1.29 is 19.0 Å². The summed E-state index contributed by atoms with van der Waals surface area (Å²) in [5.41, 5.74) is 8.07. The highest BCUT2D eigenvalue weighted by atomic mass is 16.5. The lowest BCUT2D eigenvalue weighted by Gasteiger charge is -2.23. The quantitative estimate of drug-likeness (QED) is 0.135. The van der Waals surface area contributed by atoms with Crippen molar-refractivity contribution in [3.8, 4) is 22.6 Å². The molecule has 5 aromatic rings. The fourth-order valence-corrected chi connectivity index (χ4v) is 6.10. The first kappa shape index (κ1) is 31.4. The molecule has 0 bridgehead atoms. The topological polar surface area (TPSA) is 74.6 Å². The van der Waals surface area contributed by atoms with E-state index in [-0.39, 0.29) is 12.1 Å². The normalized spacial score (nSPS) is 14.7. The first-order chi connectivity index (χ1) is 22.5. The molecule has 1 aromatic heterocycles. The Bertz CT molecular complexity index is 1760. The fourth-order valence-electron chi connectivity index (χ4n) is 6.10. The zero-order valence-corrected chi connectivity index (χ0v) is 26.8. The van der Waals surface area contributed by atoms with Gasteiger partial charge in [-0.05, 0) is 97.0 Å². The molecule has 1 saturated heterocycles. The number of carbonyl (C=O) groups is 1. The van der Waals surface area contributed by atoms with Gasteiger partial charge in [-0.2, -0.15) is 5.10 Å². The van der Waals surface area contributed by atoms with E-state index in [1.54, 1.807) is 6.92 Å². The molecule has 238 valence electrons. The third-order valence-electron chi connectivity index (χ3n) is 8.69. The van der Waals surface area contributed by atoms with Crippen LogP contribution in [0.25, 0.3) is 22.0 Å². The van der Waals surface area contributed by atoms with Gasteiger partial charge in [0.1, 0.15) is 24.7 Å². The van der Waals surface area contributed by atoms with Crippen molar-refractivity contribution >= 4 is 16.8 Å². The standard InChI is InChI=1S/C39H43N3O4/c1-28-33(14-10-15-36(28)31-11-4-3-5-12-31)27-45-35-19-18-32(13-6-8-21-40-29(2)43)38(24-35)46-26-30-17-20-37-34(23-30)25-41-42(37)39-16-7-9-22-44-39/h3-5,10-12,14-15,17-20,23-25,39H,6-9,13,16,21-22,26-27H2,1-2H3,(H,40,43). The SMILES string of the molecule is CC(=O)NCCCCc1ccc(OCc2cccc(-c3ccccc3)c2C)cc1OCc1ccc2c(cnn2C2CCCCO2)c1. The van der Waals surface area contributed by atoms with Crippen molar-refractivity contribution in [3.63, 3.8) is 0 Å². The first-order valence-electron chi connectivity index (χ1n) is 16.4. The maximum Gasteiger partial charge on any atom is 0.216 e. The zero-order chi connectivity index (χ0) is 31.7. The van der Waals surface area contributed by atoms with E-state index < -0.39 is 0 Å². The first-order valence-corrected chi connectivity index (χ1v) is 16.4. The number of hydrogen-bond donors (Lipinski definition) is 1. The van der Waals surface area contributed by atoms with Crippen LogP contribution in [0.15, 0.2) is 91.1 Å². The molecular weight excluding hydrogens is 574 g/mol. The number of hydrogen-bond acceptors (Lipinski definition) is 5. The summed E-state index contributed by atoms with van der Waals surface area (Å²) in [4.78, 5) is 11.3. The second-order valence-electron chi connectivity index (χ2n) is 12.0. The molecule has 1 aliphatic rings. The molecule has 1 atom stereocenters. The number of amides is 1. The van der Waals surface area contributed by atoms with Crippen molar-refractivity contribution in [2.75, 3.05) is 13.2 Å². The minimum Gasteiger partial charge on any atom is -0.489 e. The van der Waals surface area contributed by atoms with Crippen molar-refractivity contribution in [2.24, 2.45) is 0 Å². The Morgan fingerprint density at radius 2 is 1.83 bits per heavy atom. The average molecular weight is 618 g/mol. The Kier molecular flexibility index (Phi) is 10.3. The van der Waals surface area contributed by atoms with Crippen LogP contribution in [0.1, 0.15) is 67.5 Å². The van der Waals surface area contributed by atoms with Crippen molar-refractivity contribution in [3.05, 3.63) is 113 Å². The predicted molar refractivity (Wildman–Crippen MR) is 182 cm³/mol. The number of fused-ring (bicyclic) bond motifs is 1. The number of rotatable bonds is 13. The minimum atomic E-state index is 0.00356. The van der Waals surface area contributed by atoms with Gasteiger partial charge in [0.05, 0.1) is 11.7 Å². The molecule has 0 aliphatic carbocycles. The van der Waals surface area contributed by atoms with Crippen molar-refractivity contribution in [2.45, 2.75) is 71.8 Å². The smallest absolute Gasteiger partial charge is 0.216 e. The number of aromatic nitrogens is 2. The molecule has 1 N–H and O–H groups in total. The second-order valence-corrected chi connectivity index (χ2v) is 12.0. The summed E-state index contributed by atoms with van der Waals surface area (Å²) in [7, 11) is 0. The molecule has 2 heterocycles. The van der Waals surface area contributed by atoms with Gasteiger partial charge in [0.25, 0.3) is 0 Å². The largest absolute Gasteiger partial charge is 0.489 e. The predicted octanol–water partition coefficient (Wildman–Crippen LogP) is 8.33. The molecule has 6 rings (SSSR count). The van der Waals surface area contributed by atoms with Crippen LogP contribution in [0.2, 0.25) is 0 Å². The van der Waals surface area contributed by atoms with Crippen LogP contribution in [-0.2, 0) is 29.2 Å². The molecule has 1 fully saturated rings. The van der Waals surface area contributed by atoms with Crippen molar-refractivity contribution in [1.82, 2.24) is 15.1 Å². The van der Waals surface area contributed by atoms with Gasteiger partial charge in [-0.15, -0.1) is 0 Å². The summed E-state index contributed by atoms with van der Waals surface area (Å²) in [6.45, 7) is 6.07. The molecule has 1 unspecified atom stereocenters. The molecule has 1 aliphatic heterocycles. The maximum atomic E-state index is 11.3. The van der Waals surface area contributed by atoms with Crippen LogP contribution in [0, 0.1) is 6.92 Å². The summed E-state index contributed by atoms with van der Waals surface area (Å²) in [5.74, 6) is 1.59. The molecule has 7 heteroatoms. The van der Waals surface area contributed by atoms with Crippen LogP contribution < -0.4 is 14.8 Å². The monoisotopic (exact) mass is 617 g/mol. The van der Waals surface area contributed by atoms with Gasteiger partial charge in [0.2, 0.25) is 5.91 Å². The van der Waals surface area contributed by atoms with E-state index in [0.29, 0.717) is 19.8 Å². The summed E-state index contributed by atoms with van der Waals surface area (Å²) in [6.07, 6.45) is 7.88. The van der Waals surface area contributed by atoms with Crippen LogP contribution in [0.4, 0.5) is 0 Å². The molecule has 1 amide bonds. The van der Waals surface area contributed by atoms with Crippen molar-refractivity contribution in [1.29, 1.82) is 0 Å².